The van der Waals surface area contributed by atoms with Crippen molar-refractivity contribution in [1.29, 1.82) is 0 Å². The maximum absolute atomic E-state index is 6.13. The Morgan fingerprint density at radius 2 is 1.07 bits per heavy atom. The van der Waals surface area contributed by atoms with E-state index in [2.05, 4.69) is 155 Å². The van der Waals surface area contributed by atoms with Crippen LogP contribution in [0.25, 0.3) is 60.2 Å². The van der Waals surface area contributed by atoms with Gasteiger partial charge in [0, 0.05) is 44.3 Å². The predicted molar refractivity (Wildman–Crippen MR) is 180 cm³/mol. The summed E-state index contributed by atoms with van der Waals surface area (Å²) < 4.78 is 8.52. The molecule has 9 aromatic rings. The van der Waals surface area contributed by atoms with Gasteiger partial charge in [-0.2, -0.15) is 0 Å². The molecule has 2 heterocycles. The fourth-order valence-electron chi connectivity index (χ4n) is 6.65. The molecule has 0 atom stereocenters. The quantitative estimate of drug-likeness (QED) is 0.217. The van der Waals surface area contributed by atoms with Crippen molar-refractivity contribution in [1.82, 2.24) is 4.57 Å². The van der Waals surface area contributed by atoms with Crippen molar-refractivity contribution >= 4 is 71.6 Å². The van der Waals surface area contributed by atoms with Crippen molar-refractivity contribution < 1.29 is 4.42 Å². The van der Waals surface area contributed by atoms with Crippen molar-refractivity contribution in [2.45, 2.75) is 0 Å². The number of hydrogen-bond acceptors (Lipinski definition) is 2. The maximum Gasteiger partial charge on any atom is 0.135 e. The van der Waals surface area contributed by atoms with Gasteiger partial charge in [0.2, 0.25) is 0 Å². The number of para-hydroxylation sites is 3. The highest BCUT2D eigenvalue weighted by Gasteiger charge is 2.17. The van der Waals surface area contributed by atoms with Crippen LogP contribution in [0.2, 0.25) is 0 Å². The highest BCUT2D eigenvalue weighted by molar-refractivity contribution is 6.21. The first-order chi connectivity index (χ1) is 21.3. The van der Waals surface area contributed by atoms with Gasteiger partial charge in [0.15, 0.2) is 0 Å². The average molecular weight is 551 g/mol. The summed E-state index contributed by atoms with van der Waals surface area (Å²) in [6, 6.07) is 56.0. The van der Waals surface area contributed by atoms with Crippen LogP contribution < -0.4 is 4.90 Å². The second kappa shape index (κ2) is 9.37. The lowest BCUT2D eigenvalue weighted by molar-refractivity contribution is 0.669. The highest BCUT2D eigenvalue weighted by atomic mass is 16.3. The first-order valence-corrected chi connectivity index (χ1v) is 14.6. The fourth-order valence-corrected chi connectivity index (χ4v) is 6.65. The number of rotatable bonds is 4. The average Bonchev–Trinajstić information content (AvgIpc) is 3.62. The lowest BCUT2D eigenvalue weighted by atomic mass is 10.0. The smallest absolute Gasteiger partial charge is 0.135 e. The van der Waals surface area contributed by atoms with Crippen molar-refractivity contribution in [2.24, 2.45) is 0 Å². The minimum absolute atomic E-state index is 0.896. The first-order valence-electron chi connectivity index (χ1n) is 14.6. The Bertz CT molecular complexity index is 2450. The van der Waals surface area contributed by atoms with Crippen LogP contribution in [0.4, 0.5) is 17.1 Å². The van der Waals surface area contributed by atoms with E-state index in [4.69, 9.17) is 4.42 Å². The third-order valence-corrected chi connectivity index (χ3v) is 8.56. The van der Waals surface area contributed by atoms with Crippen LogP contribution in [0.1, 0.15) is 0 Å². The molecule has 0 N–H and O–H groups in total. The molecule has 0 aliphatic carbocycles. The molecule has 0 fully saturated rings. The summed E-state index contributed by atoms with van der Waals surface area (Å²) in [6.07, 6.45) is 0. The van der Waals surface area contributed by atoms with Crippen LogP contribution in [-0.4, -0.2) is 4.57 Å². The molecule has 0 saturated carbocycles. The van der Waals surface area contributed by atoms with Gasteiger partial charge in [-0.25, -0.2) is 0 Å². The van der Waals surface area contributed by atoms with Gasteiger partial charge in [-0.1, -0.05) is 84.9 Å². The lowest BCUT2D eigenvalue weighted by Gasteiger charge is -2.26. The lowest BCUT2D eigenvalue weighted by Crippen LogP contribution is -2.09. The van der Waals surface area contributed by atoms with E-state index in [9.17, 15) is 0 Å². The molecule has 9 rings (SSSR count). The third kappa shape index (κ3) is 3.68. The molecule has 0 bridgehead atoms. The molecule has 3 nitrogen and oxygen atoms in total. The van der Waals surface area contributed by atoms with E-state index in [0.29, 0.717) is 0 Å². The monoisotopic (exact) mass is 550 g/mol. The van der Waals surface area contributed by atoms with Crippen LogP contribution in [0.15, 0.2) is 162 Å². The molecule has 7 aromatic carbocycles. The number of furan rings is 1. The third-order valence-electron chi connectivity index (χ3n) is 8.56. The Morgan fingerprint density at radius 1 is 0.419 bits per heavy atom. The summed E-state index contributed by atoms with van der Waals surface area (Å²) in [5.41, 5.74) is 8.63. The summed E-state index contributed by atoms with van der Waals surface area (Å²) in [7, 11) is 0. The Labute approximate surface area is 248 Å². The van der Waals surface area contributed by atoms with E-state index in [1.165, 1.54) is 32.6 Å². The molecular formula is C40H26N2O. The Morgan fingerprint density at radius 3 is 1.93 bits per heavy atom. The molecular weight excluding hydrogens is 524 g/mol. The Balaban J connectivity index is 1.22. The summed E-state index contributed by atoms with van der Waals surface area (Å²) in [5, 5.41) is 7.34. The molecule has 2 aromatic heterocycles. The van der Waals surface area contributed by atoms with Crippen LogP contribution in [0.5, 0.6) is 0 Å². The van der Waals surface area contributed by atoms with Gasteiger partial charge in [0.05, 0.1) is 11.0 Å². The standard InChI is InChI=1S/C40H26N2O/c1-2-11-28(12-3-1)41(31-23-25-39-35(26-31)33-14-7-9-17-38(33)43-39)29-19-21-30(22-20-29)42-36-16-8-6-15-34(36)40-32-13-5-4-10-27(32)18-24-37(40)42/h1-26H. The van der Waals surface area contributed by atoms with Gasteiger partial charge >= 0.3 is 0 Å². The summed E-state index contributed by atoms with van der Waals surface area (Å²) in [4.78, 5) is 2.31. The molecule has 0 aliphatic rings. The van der Waals surface area contributed by atoms with Crippen molar-refractivity contribution in [3.05, 3.63) is 158 Å². The molecule has 0 unspecified atom stereocenters. The van der Waals surface area contributed by atoms with Crippen molar-refractivity contribution in [2.75, 3.05) is 4.90 Å². The Kier molecular flexibility index (Phi) is 5.20. The van der Waals surface area contributed by atoms with Gasteiger partial charge in [-0.15, -0.1) is 0 Å². The number of benzene rings is 7. The minimum Gasteiger partial charge on any atom is -0.456 e. The van der Waals surface area contributed by atoms with Crippen LogP contribution in [-0.2, 0) is 0 Å². The molecule has 0 spiro atoms. The number of nitrogens with zero attached hydrogens (tertiary/aromatic N) is 2. The summed E-state index contributed by atoms with van der Waals surface area (Å²) >= 11 is 0. The molecule has 0 saturated heterocycles. The number of anilines is 3. The minimum atomic E-state index is 0.896. The van der Waals surface area contributed by atoms with E-state index in [1.54, 1.807) is 0 Å². The largest absolute Gasteiger partial charge is 0.456 e. The maximum atomic E-state index is 6.13. The predicted octanol–water partition coefficient (Wildman–Crippen LogP) is 11.3. The summed E-state index contributed by atoms with van der Waals surface area (Å²) in [6.45, 7) is 0. The van der Waals surface area contributed by atoms with Crippen molar-refractivity contribution in [3.63, 3.8) is 0 Å². The first kappa shape index (κ1) is 23.9. The molecule has 0 radical (unpaired) electrons. The van der Waals surface area contributed by atoms with E-state index in [1.807, 2.05) is 12.1 Å². The van der Waals surface area contributed by atoms with Crippen molar-refractivity contribution in [3.8, 4) is 5.69 Å². The van der Waals surface area contributed by atoms with Gasteiger partial charge in [0.25, 0.3) is 0 Å². The second-order valence-electron chi connectivity index (χ2n) is 11.0. The van der Waals surface area contributed by atoms with E-state index in [-0.39, 0.29) is 0 Å². The van der Waals surface area contributed by atoms with Gasteiger partial charge < -0.3 is 13.9 Å². The summed E-state index contributed by atoms with van der Waals surface area (Å²) in [5.74, 6) is 0. The van der Waals surface area contributed by atoms with Crippen LogP contribution in [0, 0.1) is 0 Å². The fraction of sp³-hybridized carbons (Fsp3) is 0. The molecule has 202 valence electrons. The zero-order chi connectivity index (χ0) is 28.3. The van der Waals surface area contributed by atoms with Gasteiger partial charge in [-0.3, -0.25) is 0 Å². The molecule has 0 amide bonds. The van der Waals surface area contributed by atoms with Gasteiger partial charge in [0.1, 0.15) is 11.2 Å². The molecule has 43 heavy (non-hydrogen) atoms. The molecule has 3 heteroatoms. The van der Waals surface area contributed by atoms with Crippen LogP contribution >= 0.6 is 0 Å². The SMILES string of the molecule is c1ccc(N(c2ccc(-n3c4ccccc4c4c5ccccc5ccc43)cc2)c2ccc3oc4ccccc4c3c2)cc1. The second-order valence-corrected chi connectivity index (χ2v) is 11.0. The normalized spacial score (nSPS) is 11.7. The van der Waals surface area contributed by atoms with Gasteiger partial charge in [-0.05, 0) is 83.6 Å². The van der Waals surface area contributed by atoms with E-state index in [0.717, 1.165) is 44.7 Å². The highest BCUT2D eigenvalue weighted by Crippen LogP contribution is 2.40. The molecule has 0 aliphatic heterocycles. The van der Waals surface area contributed by atoms with Crippen LogP contribution in [0.3, 0.4) is 0 Å². The Hall–Kier alpha value is -5.80. The zero-order valence-corrected chi connectivity index (χ0v) is 23.3. The number of hydrogen-bond donors (Lipinski definition) is 0. The van der Waals surface area contributed by atoms with E-state index < -0.39 is 0 Å². The number of aromatic nitrogens is 1. The number of fused-ring (bicyclic) bond motifs is 8. The zero-order valence-electron chi connectivity index (χ0n) is 23.3. The topological polar surface area (TPSA) is 21.3 Å². The van der Waals surface area contributed by atoms with E-state index >= 15 is 0 Å².